The highest BCUT2D eigenvalue weighted by Crippen LogP contribution is 2.14. The van der Waals surface area contributed by atoms with Crippen molar-refractivity contribution in [2.24, 2.45) is 0 Å². The van der Waals surface area contributed by atoms with Crippen molar-refractivity contribution in [3.8, 4) is 12.0 Å². The van der Waals surface area contributed by atoms with Crippen molar-refractivity contribution in [1.82, 2.24) is 15.0 Å². The van der Waals surface area contributed by atoms with Gasteiger partial charge in [0.05, 0.1) is 6.61 Å². The van der Waals surface area contributed by atoms with E-state index in [-0.39, 0.29) is 0 Å². The van der Waals surface area contributed by atoms with E-state index in [0.29, 0.717) is 25.2 Å². The predicted octanol–water partition coefficient (Wildman–Crippen LogP) is 7.31. The summed E-state index contributed by atoms with van der Waals surface area (Å²) in [4.78, 5) is 12.3. The molecular weight excluding hydrogens is 386 g/mol. The van der Waals surface area contributed by atoms with Gasteiger partial charge in [-0.25, -0.2) is 0 Å². The molecule has 2 rings (SSSR count). The third-order valence-electron chi connectivity index (χ3n) is 5.47. The first-order valence-electron chi connectivity index (χ1n) is 12.4. The number of aromatic nitrogens is 3. The Morgan fingerprint density at radius 3 is 1.71 bits per heavy atom. The average molecular weight is 428 g/mol. The number of rotatable bonds is 19. The molecule has 0 spiro atoms. The Balaban J connectivity index is 1.41. The molecule has 0 aliphatic carbocycles. The first kappa shape index (κ1) is 25.1. The summed E-state index contributed by atoms with van der Waals surface area (Å²) in [6.45, 7) is 3.35. The Morgan fingerprint density at radius 1 is 0.613 bits per heavy atom. The lowest BCUT2D eigenvalue weighted by atomic mass is 10.0. The molecule has 0 radical (unpaired) electrons. The second kappa shape index (κ2) is 17.5. The van der Waals surface area contributed by atoms with E-state index in [1.807, 2.05) is 30.3 Å². The molecule has 1 heterocycles. The molecule has 172 valence electrons. The van der Waals surface area contributed by atoms with Crippen molar-refractivity contribution >= 4 is 0 Å². The smallest absolute Gasteiger partial charge is 0.322 e. The number of ether oxygens (including phenoxy) is 2. The number of benzene rings is 1. The number of hydrogen-bond donors (Lipinski definition) is 0. The van der Waals surface area contributed by atoms with Gasteiger partial charge in [0.1, 0.15) is 12.9 Å². The molecule has 2 aromatic rings. The van der Waals surface area contributed by atoms with E-state index in [2.05, 4.69) is 21.9 Å². The Morgan fingerprint density at radius 2 is 1.13 bits per heavy atom. The number of nitrogens with zero attached hydrogens (tertiary/aromatic N) is 3. The highest BCUT2D eigenvalue weighted by atomic mass is 16.5. The van der Waals surface area contributed by atoms with E-state index in [9.17, 15) is 0 Å². The molecule has 0 fully saturated rings. The van der Waals surface area contributed by atoms with Crippen LogP contribution in [0.3, 0.4) is 0 Å². The third kappa shape index (κ3) is 13.0. The molecule has 5 nitrogen and oxygen atoms in total. The van der Waals surface area contributed by atoms with Crippen LogP contribution in [0.5, 0.6) is 12.0 Å². The predicted molar refractivity (Wildman–Crippen MR) is 126 cm³/mol. The maximum absolute atomic E-state index is 5.66. The van der Waals surface area contributed by atoms with Gasteiger partial charge in [0, 0.05) is 0 Å². The van der Waals surface area contributed by atoms with Crippen molar-refractivity contribution in [2.45, 2.75) is 103 Å². The van der Waals surface area contributed by atoms with Crippen LogP contribution < -0.4 is 9.47 Å². The van der Waals surface area contributed by atoms with Crippen molar-refractivity contribution in [2.75, 3.05) is 6.61 Å². The van der Waals surface area contributed by atoms with Crippen LogP contribution in [0, 0.1) is 0 Å². The fraction of sp³-hybridized carbons (Fsp3) is 0.654. The van der Waals surface area contributed by atoms with Gasteiger partial charge in [0.15, 0.2) is 0 Å². The summed E-state index contributed by atoms with van der Waals surface area (Å²) in [5.41, 5.74) is 1.08. The van der Waals surface area contributed by atoms with Crippen molar-refractivity contribution in [3.63, 3.8) is 0 Å². The quantitative estimate of drug-likeness (QED) is 0.220. The van der Waals surface area contributed by atoms with E-state index in [0.717, 1.165) is 12.0 Å². The standard InChI is InChI=1S/C26H41N3O2/c1-2-3-4-5-6-7-8-9-10-11-12-13-14-18-21-30-25-27-23-28-26(29-25)31-22-24-19-16-15-17-20-24/h15-17,19-20,23H,2-14,18,21-22H2,1H3. The van der Waals surface area contributed by atoms with E-state index >= 15 is 0 Å². The van der Waals surface area contributed by atoms with Crippen LogP contribution in [0.1, 0.15) is 102 Å². The van der Waals surface area contributed by atoms with Crippen LogP contribution in [0.2, 0.25) is 0 Å². The monoisotopic (exact) mass is 427 g/mol. The highest BCUT2D eigenvalue weighted by Gasteiger charge is 2.03. The summed E-state index contributed by atoms with van der Waals surface area (Å²) in [5.74, 6) is 0. The minimum atomic E-state index is 0.301. The Bertz CT molecular complexity index is 667. The zero-order valence-electron chi connectivity index (χ0n) is 19.4. The van der Waals surface area contributed by atoms with Gasteiger partial charge in [-0.1, -0.05) is 121 Å². The van der Waals surface area contributed by atoms with Gasteiger partial charge in [0.25, 0.3) is 0 Å². The summed E-state index contributed by atoms with van der Waals surface area (Å²) in [7, 11) is 0. The molecule has 1 aromatic carbocycles. The van der Waals surface area contributed by atoms with Crippen LogP contribution in [-0.2, 0) is 6.61 Å². The van der Waals surface area contributed by atoms with E-state index in [1.54, 1.807) is 0 Å². The number of hydrogen-bond acceptors (Lipinski definition) is 5. The molecular formula is C26H41N3O2. The molecule has 0 aliphatic rings. The molecule has 0 amide bonds. The maximum Gasteiger partial charge on any atom is 0.322 e. The van der Waals surface area contributed by atoms with Crippen molar-refractivity contribution in [1.29, 1.82) is 0 Å². The molecule has 0 atom stereocenters. The average Bonchev–Trinajstić information content (AvgIpc) is 2.81. The summed E-state index contributed by atoms with van der Waals surface area (Å²) < 4.78 is 11.3. The van der Waals surface area contributed by atoms with Crippen LogP contribution in [0.25, 0.3) is 0 Å². The van der Waals surface area contributed by atoms with Crippen molar-refractivity contribution < 1.29 is 9.47 Å². The van der Waals surface area contributed by atoms with E-state index < -0.39 is 0 Å². The summed E-state index contributed by atoms with van der Waals surface area (Å²) in [5, 5.41) is 0. The van der Waals surface area contributed by atoms with Crippen molar-refractivity contribution in [3.05, 3.63) is 42.2 Å². The fourth-order valence-corrected chi connectivity index (χ4v) is 3.59. The van der Waals surface area contributed by atoms with Gasteiger partial charge in [-0.2, -0.15) is 9.97 Å². The van der Waals surface area contributed by atoms with Gasteiger partial charge < -0.3 is 9.47 Å². The fourth-order valence-electron chi connectivity index (χ4n) is 3.59. The lowest BCUT2D eigenvalue weighted by Crippen LogP contribution is -2.05. The second-order valence-electron chi connectivity index (χ2n) is 8.27. The first-order valence-corrected chi connectivity index (χ1v) is 12.4. The Labute approximate surface area is 189 Å². The topological polar surface area (TPSA) is 57.1 Å². The third-order valence-corrected chi connectivity index (χ3v) is 5.47. The Hall–Kier alpha value is -2.17. The lowest BCUT2D eigenvalue weighted by molar-refractivity contribution is 0.251. The summed E-state index contributed by atoms with van der Waals surface area (Å²) in [6.07, 6.45) is 20.3. The maximum atomic E-state index is 5.66. The largest absolute Gasteiger partial charge is 0.463 e. The van der Waals surface area contributed by atoms with Gasteiger partial charge in [-0.15, -0.1) is 4.98 Å². The molecule has 0 unspecified atom stereocenters. The zero-order chi connectivity index (χ0) is 21.8. The first-order chi connectivity index (χ1) is 15.4. The molecule has 0 saturated heterocycles. The molecule has 31 heavy (non-hydrogen) atoms. The molecule has 0 N–H and O–H groups in total. The molecule has 1 aromatic heterocycles. The molecule has 5 heteroatoms. The van der Waals surface area contributed by atoms with Gasteiger partial charge in [-0.05, 0) is 12.0 Å². The SMILES string of the molecule is CCCCCCCCCCCCCCCCOc1ncnc(OCc2ccccc2)n1. The number of unbranched alkanes of at least 4 members (excludes halogenated alkanes) is 13. The summed E-state index contributed by atoms with van der Waals surface area (Å²) in [6, 6.07) is 10.6. The van der Waals surface area contributed by atoms with Gasteiger partial charge >= 0.3 is 12.0 Å². The minimum Gasteiger partial charge on any atom is -0.463 e. The van der Waals surface area contributed by atoms with Gasteiger partial charge in [-0.3, -0.25) is 0 Å². The molecule has 0 bridgehead atoms. The second-order valence-corrected chi connectivity index (χ2v) is 8.27. The Kier molecular flexibility index (Phi) is 14.2. The van der Waals surface area contributed by atoms with Gasteiger partial charge in [0.2, 0.25) is 0 Å². The molecule has 0 aliphatic heterocycles. The zero-order valence-corrected chi connectivity index (χ0v) is 19.4. The lowest BCUT2D eigenvalue weighted by Gasteiger charge is -2.07. The van der Waals surface area contributed by atoms with E-state index in [4.69, 9.17) is 9.47 Å². The van der Waals surface area contributed by atoms with Crippen LogP contribution in [0.4, 0.5) is 0 Å². The van der Waals surface area contributed by atoms with Crippen LogP contribution in [0.15, 0.2) is 36.7 Å². The highest BCUT2D eigenvalue weighted by molar-refractivity contribution is 5.14. The summed E-state index contributed by atoms with van der Waals surface area (Å²) >= 11 is 0. The van der Waals surface area contributed by atoms with Crippen LogP contribution in [-0.4, -0.2) is 21.6 Å². The van der Waals surface area contributed by atoms with E-state index in [1.165, 1.54) is 89.8 Å². The van der Waals surface area contributed by atoms with Crippen LogP contribution >= 0.6 is 0 Å². The molecule has 0 saturated carbocycles. The normalized spacial score (nSPS) is 10.9. The minimum absolute atomic E-state index is 0.301.